The zero-order valence-corrected chi connectivity index (χ0v) is 13.3. The van der Waals surface area contributed by atoms with E-state index in [1.54, 1.807) is 6.07 Å². The molecule has 1 atom stereocenters. The lowest BCUT2D eigenvalue weighted by Crippen LogP contribution is -2.23. The minimum Gasteiger partial charge on any atom is -0.310 e. The molecule has 0 radical (unpaired) electrons. The number of rotatable bonds is 5. The first-order valence-corrected chi connectivity index (χ1v) is 7.31. The molecule has 18 heavy (non-hydrogen) atoms. The van der Waals surface area contributed by atoms with Crippen molar-refractivity contribution < 1.29 is 4.39 Å². The van der Waals surface area contributed by atoms with Crippen LogP contribution in [0, 0.1) is 11.2 Å². The van der Waals surface area contributed by atoms with Gasteiger partial charge in [0.2, 0.25) is 0 Å². The predicted molar refractivity (Wildman–Crippen MR) is 79.2 cm³/mol. The fourth-order valence-corrected chi connectivity index (χ4v) is 2.35. The summed E-state index contributed by atoms with van der Waals surface area (Å²) in [6.45, 7) is 9.55. The molecule has 1 nitrogen and oxygen atoms in total. The molecule has 0 aliphatic carbocycles. The first-order valence-electron chi connectivity index (χ1n) is 6.52. The summed E-state index contributed by atoms with van der Waals surface area (Å²) >= 11 is 3.41. The van der Waals surface area contributed by atoms with Crippen molar-refractivity contribution in [1.82, 2.24) is 5.32 Å². The molecule has 0 bridgehead atoms. The fourth-order valence-electron chi connectivity index (χ4n) is 1.97. The van der Waals surface area contributed by atoms with Gasteiger partial charge in [0.25, 0.3) is 0 Å². The zero-order chi connectivity index (χ0) is 13.8. The molecule has 0 heterocycles. The minimum atomic E-state index is -0.127. The zero-order valence-electron chi connectivity index (χ0n) is 11.7. The summed E-state index contributed by atoms with van der Waals surface area (Å²) in [5, 5.41) is 3.38. The number of benzene rings is 1. The molecule has 1 aromatic rings. The number of halogens is 2. The van der Waals surface area contributed by atoms with E-state index in [1.165, 1.54) is 6.07 Å². The van der Waals surface area contributed by atoms with Crippen LogP contribution in [0.3, 0.4) is 0 Å². The highest BCUT2D eigenvalue weighted by Gasteiger charge is 2.19. The van der Waals surface area contributed by atoms with Crippen molar-refractivity contribution in [3.8, 4) is 0 Å². The predicted octanol–water partition coefficient (Wildman–Crippen LogP) is 5.07. The van der Waals surface area contributed by atoms with Crippen molar-refractivity contribution in [3.63, 3.8) is 0 Å². The highest BCUT2D eigenvalue weighted by atomic mass is 79.9. The summed E-state index contributed by atoms with van der Waals surface area (Å²) in [7, 11) is 0. The second-order valence-electron chi connectivity index (χ2n) is 5.88. The minimum absolute atomic E-state index is 0.0896. The lowest BCUT2D eigenvalue weighted by Gasteiger charge is -2.24. The Morgan fingerprint density at radius 2 is 2.00 bits per heavy atom. The van der Waals surface area contributed by atoms with Crippen molar-refractivity contribution in [1.29, 1.82) is 0 Å². The van der Waals surface area contributed by atoms with E-state index >= 15 is 0 Å². The summed E-state index contributed by atoms with van der Waals surface area (Å²) in [5.74, 6) is -0.127. The van der Waals surface area contributed by atoms with Gasteiger partial charge in [-0.25, -0.2) is 4.39 Å². The molecule has 0 saturated carbocycles. The first kappa shape index (κ1) is 15.6. The van der Waals surface area contributed by atoms with Gasteiger partial charge < -0.3 is 5.32 Å². The topological polar surface area (TPSA) is 12.0 Å². The average molecular weight is 316 g/mol. The second kappa shape index (κ2) is 6.67. The molecule has 0 spiro atoms. The van der Waals surface area contributed by atoms with Crippen LogP contribution < -0.4 is 5.32 Å². The standard InChI is InChI=1S/C15H23BrFN/c1-5-18-14(8-9-15(2,3)4)12-10-11(16)6-7-13(12)17/h6-7,10,14,18H,5,8-9H2,1-4H3. The molecule has 1 rings (SSSR count). The lowest BCUT2D eigenvalue weighted by molar-refractivity contribution is 0.330. The molecule has 0 amide bonds. The van der Waals surface area contributed by atoms with E-state index in [0.29, 0.717) is 0 Å². The van der Waals surface area contributed by atoms with Gasteiger partial charge in [-0.15, -0.1) is 0 Å². The third kappa shape index (κ3) is 5.07. The van der Waals surface area contributed by atoms with Crippen LogP contribution in [0.25, 0.3) is 0 Å². The smallest absolute Gasteiger partial charge is 0.128 e. The second-order valence-corrected chi connectivity index (χ2v) is 6.79. The van der Waals surface area contributed by atoms with Crippen molar-refractivity contribution in [2.24, 2.45) is 5.41 Å². The summed E-state index contributed by atoms with van der Waals surface area (Å²) < 4.78 is 14.8. The van der Waals surface area contributed by atoms with E-state index in [2.05, 4.69) is 48.9 Å². The Labute approximate surface area is 118 Å². The van der Waals surface area contributed by atoms with Gasteiger partial charge in [-0.1, -0.05) is 43.6 Å². The lowest BCUT2D eigenvalue weighted by atomic mass is 9.87. The fraction of sp³-hybridized carbons (Fsp3) is 0.600. The van der Waals surface area contributed by atoms with Gasteiger partial charge in [-0.3, -0.25) is 0 Å². The SMILES string of the molecule is CCNC(CCC(C)(C)C)c1cc(Br)ccc1F. The van der Waals surface area contributed by atoms with Crippen LogP contribution in [0.2, 0.25) is 0 Å². The monoisotopic (exact) mass is 315 g/mol. The van der Waals surface area contributed by atoms with E-state index in [-0.39, 0.29) is 17.3 Å². The summed E-state index contributed by atoms with van der Waals surface area (Å²) in [4.78, 5) is 0. The van der Waals surface area contributed by atoms with Gasteiger partial charge in [0, 0.05) is 16.1 Å². The first-order chi connectivity index (χ1) is 8.33. The third-order valence-electron chi connectivity index (χ3n) is 2.97. The Balaban J connectivity index is 2.86. The highest BCUT2D eigenvalue weighted by Crippen LogP contribution is 2.29. The molecule has 0 aromatic heterocycles. The molecule has 3 heteroatoms. The molecule has 0 aliphatic rings. The Morgan fingerprint density at radius 3 is 2.56 bits per heavy atom. The summed E-state index contributed by atoms with van der Waals surface area (Å²) in [5.41, 5.74) is 1.03. The Kier molecular flexibility index (Phi) is 5.80. The van der Waals surface area contributed by atoms with Gasteiger partial charge in [0.1, 0.15) is 5.82 Å². The number of hydrogen-bond acceptors (Lipinski definition) is 1. The van der Waals surface area contributed by atoms with Crippen LogP contribution in [0.15, 0.2) is 22.7 Å². The van der Waals surface area contributed by atoms with Crippen LogP contribution in [0.4, 0.5) is 4.39 Å². The number of hydrogen-bond donors (Lipinski definition) is 1. The van der Waals surface area contributed by atoms with Crippen molar-refractivity contribution in [2.45, 2.75) is 46.6 Å². The quantitative estimate of drug-likeness (QED) is 0.800. The van der Waals surface area contributed by atoms with Crippen LogP contribution in [-0.2, 0) is 0 Å². The van der Waals surface area contributed by atoms with Crippen molar-refractivity contribution in [3.05, 3.63) is 34.1 Å². The van der Waals surface area contributed by atoms with Crippen LogP contribution in [0.5, 0.6) is 0 Å². The van der Waals surface area contributed by atoms with Crippen LogP contribution >= 0.6 is 15.9 Å². The maximum Gasteiger partial charge on any atom is 0.128 e. The van der Waals surface area contributed by atoms with Gasteiger partial charge in [0.15, 0.2) is 0 Å². The Morgan fingerprint density at radius 1 is 1.33 bits per heavy atom. The highest BCUT2D eigenvalue weighted by molar-refractivity contribution is 9.10. The van der Waals surface area contributed by atoms with E-state index < -0.39 is 0 Å². The van der Waals surface area contributed by atoms with Crippen LogP contribution in [-0.4, -0.2) is 6.54 Å². The van der Waals surface area contributed by atoms with Crippen molar-refractivity contribution in [2.75, 3.05) is 6.54 Å². The van der Waals surface area contributed by atoms with E-state index in [0.717, 1.165) is 29.4 Å². The maximum absolute atomic E-state index is 13.9. The Bertz CT molecular complexity index is 385. The molecule has 1 aromatic carbocycles. The van der Waals surface area contributed by atoms with E-state index in [9.17, 15) is 4.39 Å². The molecule has 1 N–H and O–H groups in total. The molecule has 0 aliphatic heterocycles. The van der Waals surface area contributed by atoms with Gasteiger partial charge in [-0.2, -0.15) is 0 Å². The normalized spacial score (nSPS) is 13.7. The van der Waals surface area contributed by atoms with Crippen molar-refractivity contribution >= 4 is 15.9 Å². The molecule has 102 valence electrons. The van der Waals surface area contributed by atoms with Crippen LogP contribution in [0.1, 0.15) is 52.1 Å². The van der Waals surface area contributed by atoms with E-state index in [1.807, 2.05) is 6.07 Å². The molecule has 1 unspecified atom stereocenters. The van der Waals surface area contributed by atoms with E-state index in [4.69, 9.17) is 0 Å². The molecule has 0 fully saturated rings. The third-order valence-corrected chi connectivity index (χ3v) is 3.46. The summed E-state index contributed by atoms with van der Waals surface area (Å²) in [6, 6.07) is 5.24. The molecule has 0 saturated heterocycles. The van der Waals surface area contributed by atoms with Gasteiger partial charge >= 0.3 is 0 Å². The van der Waals surface area contributed by atoms with Gasteiger partial charge in [0.05, 0.1) is 0 Å². The summed E-state index contributed by atoms with van der Waals surface area (Å²) in [6.07, 6.45) is 2.02. The molecular formula is C15H23BrFN. The average Bonchev–Trinajstić information content (AvgIpc) is 2.26. The van der Waals surface area contributed by atoms with Gasteiger partial charge in [-0.05, 0) is 43.0 Å². The number of nitrogens with one attached hydrogen (secondary N) is 1. The maximum atomic E-state index is 13.9. The largest absolute Gasteiger partial charge is 0.310 e. The molecular weight excluding hydrogens is 293 g/mol. The Hall–Kier alpha value is -0.410.